The Morgan fingerprint density at radius 1 is 1.20 bits per heavy atom. The second kappa shape index (κ2) is 4.72. The summed E-state index contributed by atoms with van der Waals surface area (Å²) in [4.78, 5) is 4.55. The third-order valence-corrected chi connectivity index (χ3v) is 5.12. The van der Waals surface area contributed by atoms with Crippen LogP contribution in [0.15, 0.2) is 12.3 Å². The molecule has 0 atom stereocenters. The lowest BCUT2D eigenvalue weighted by molar-refractivity contribution is 0.00578. The van der Waals surface area contributed by atoms with E-state index in [1.54, 1.807) is 6.20 Å². The van der Waals surface area contributed by atoms with Gasteiger partial charge < -0.3 is 9.31 Å². The number of hydrogen-bond donors (Lipinski definition) is 0. The molecule has 0 spiro atoms. The molecule has 2 fully saturated rings. The zero-order valence-electron chi connectivity index (χ0n) is 12.6. The highest BCUT2D eigenvalue weighted by atomic mass is 35.5. The molecule has 0 amide bonds. The van der Waals surface area contributed by atoms with E-state index in [-0.39, 0.29) is 18.3 Å². The number of nitrogens with zero attached hydrogens (tertiary/aromatic N) is 1. The molecule has 2 aliphatic rings. The smallest absolute Gasteiger partial charge is 0.399 e. The molecule has 1 saturated carbocycles. The van der Waals surface area contributed by atoms with Crippen molar-refractivity contribution < 1.29 is 9.31 Å². The quantitative estimate of drug-likeness (QED) is 0.784. The van der Waals surface area contributed by atoms with Crippen LogP contribution in [0.25, 0.3) is 0 Å². The van der Waals surface area contributed by atoms with Gasteiger partial charge in [-0.2, -0.15) is 0 Å². The minimum Gasteiger partial charge on any atom is -0.399 e. The topological polar surface area (TPSA) is 31.4 Å². The van der Waals surface area contributed by atoms with Gasteiger partial charge in [-0.05, 0) is 46.6 Å². The zero-order chi connectivity index (χ0) is 14.5. The van der Waals surface area contributed by atoms with Crippen molar-refractivity contribution in [2.75, 3.05) is 0 Å². The molecule has 1 aromatic rings. The van der Waals surface area contributed by atoms with Crippen LogP contribution in [0, 0.1) is 0 Å². The first-order valence-electron chi connectivity index (χ1n) is 7.31. The molecule has 20 heavy (non-hydrogen) atoms. The van der Waals surface area contributed by atoms with Gasteiger partial charge in [0.1, 0.15) is 0 Å². The van der Waals surface area contributed by atoms with Gasteiger partial charge in [-0.25, -0.2) is 0 Å². The predicted octanol–water partition coefficient (Wildman–Crippen LogP) is 3.30. The van der Waals surface area contributed by atoms with Crippen molar-refractivity contribution in [3.8, 4) is 0 Å². The van der Waals surface area contributed by atoms with Gasteiger partial charge in [-0.3, -0.25) is 4.98 Å². The Balaban J connectivity index is 1.96. The van der Waals surface area contributed by atoms with Crippen LogP contribution in [0.2, 0.25) is 5.02 Å². The largest absolute Gasteiger partial charge is 0.496 e. The summed E-state index contributed by atoms with van der Waals surface area (Å²) in [5, 5.41) is 0.637. The Bertz CT molecular complexity index is 513. The molecule has 3 rings (SSSR count). The minimum absolute atomic E-state index is 0.336. The van der Waals surface area contributed by atoms with E-state index in [0.717, 1.165) is 11.2 Å². The molecular formula is C15H21BClNO2. The Kier molecular flexibility index (Phi) is 3.39. The van der Waals surface area contributed by atoms with Crippen LogP contribution < -0.4 is 5.46 Å². The molecule has 0 aromatic carbocycles. The summed E-state index contributed by atoms with van der Waals surface area (Å²) < 4.78 is 12.3. The average molecular weight is 294 g/mol. The van der Waals surface area contributed by atoms with Gasteiger partial charge in [0.2, 0.25) is 0 Å². The molecule has 1 aliphatic heterocycles. The molecule has 0 bridgehead atoms. The maximum absolute atomic E-state index is 6.14. The second-order valence-corrected chi connectivity index (χ2v) is 7.28. The summed E-state index contributed by atoms with van der Waals surface area (Å²) in [5.41, 5.74) is 1.42. The van der Waals surface area contributed by atoms with Crippen LogP contribution in [-0.4, -0.2) is 23.3 Å². The first-order valence-corrected chi connectivity index (χ1v) is 7.69. The Morgan fingerprint density at radius 2 is 1.80 bits per heavy atom. The van der Waals surface area contributed by atoms with E-state index in [1.807, 2.05) is 6.07 Å². The third kappa shape index (κ3) is 2.28. The fourth-order valence-electron chi connectivity index (χ4n) is 2.65. The number of halogens is 1. The van der Waals surface area contributed by atoms with Gasteiger partial charge in [0.25, 0.3) is 0 Å². The van der Waals surface area contributed by atoms with E-state index in [9.17, 15) is 0 Å². The SMILES string of the molecule is CC1(C)OB(c2cc(Cl)cnc2C2CCC2)OC1(C)C. The fourth-order valence-corrected chi connectivity index (χ4v) is 2.81. The van der Waals surface area contributed by atoms with E-state index in [4.69, 9.17) is 20.9 Å². The number of aromatic nitrogens is 1. The van der Waals surface area contributed by atoms with Crippen molar-refractivity contribution in [2.45, 2.75) is 64.1 Å². The lowest BCUT2D eigenvalue weighted by atomic mass is 9.71. The van der Waals surface area contributed by atoms with Crippen molar-refractivity contribution in [1.82, 2.24) is 4.98 Å². The Labute approximate surface area is 126 Å². The van der Waals surface area contributed by atoms with Crippen molar-refractivity contribution in [3.63, 3.8) is 0 Å². The van der Waals surface area contributed by atoms with Crippen LogP contribution in [-0.2, 0) is 9.31 Å². The number of hydrogen-bond acceptors (Lipinski definition) is 3. The van der Waals surface area contributed by atoms with E-state index < -0.39 is 0 Å². The minimum atomic E-state index is -0.373. The van der Waals surface area contributed by atoms with Crippen molar-refractivity contribution in [1.29, 1.82) is 0 Å². The normalized spacial score (nSPS) is 24.8. The van der Waals surface area contributed by atoms with Gasteiger partial charge in [-0.1, -0.05) is 18.0 Å². The predicted molar refractivity (Wildman–Crippen MR) is 81.6 cm³/mol. The van der Waals surface area contributed by atoms with Crippen LogP contribution in [0.4, 0.5) is 0 Å². The zero-order valence-corrected chi connectivity index (χ0v) is 13.3. The molecule has 0 unspecified atom stereocenters. The lowest BCUT2D eigenvalue weighted by Crippen LogP contribution is -2.41. The summed E-state index contributed by atoms with van der Waals surface area (Å²) in [5.74, 6) is 0.529. The van der Waals surface area contributed by atoms with Crippen molar-refractivity contribution >= 4 is 24.2 Å². The van der Waals surface area contributed by atoms with Crippen LogP contribution in [0.5, 0.6) is 0 Å². The molecule has 3 nitrogen and oxygen atoms in total. The van der Waals surface area contributed by atoms with Gasteiger partial charge in [0.05, 0.1) is 16.2 Å². The van der Waals surface area contributed by atoms with E-state index in [0.29, 0.717) is 10.9 Å². The van der Waals surface area contributed by atoms with Gasteiger partial charge in [0.15, 0.2) is 0 Å². The summed E-state index contributed by atoms with van der Waals surface area (Å²) in [6.07, 6.45) is 5.39. The molecule has 0 N–H and O–H groups in total. The molecule has 1 aromatic heterocycles. The van der Waals surface area contributed by atoms with Crippen LogP contribution >= 0.6 is 11.6 Å². The maximum Gasteiger partial charge on any atom is 0.496 e. The highest BCUT2D eigenvalue weighted by Gasteiger charge is 2.52. The molecule has 5 heteroatoms. The van der Waals surface area contributed by atoms with Crippen molar-refractivity contribution in [3.05, 3.63) is 23.0 Å². The molecule has 2 heterocycles. The summed E-state index contributed by atoms with van der Waals surface area (Å²) in [6.45, 7) is 8.25. The van der Waals surface area contributed by atoms with Gasteiger partial charge in [-0.15, -0.1) is 0 Å². The van der Waals surface area contributed by atoms with E-state index >= 15 is 0 Å². The third-order valence-electron chi connectivity index (χ3n) is 4.92. The highest BCUT2D eigenvalue weighted by molar-refractivity contribution is 6.63. The van der Waals surface area contributed by atoms with E-state index in [1.165, 1.54) is 19.3 Å². The summed E-state index contributed by atoms with van der Waals surface area (Å²) in [6, 6.07) is 1.95. The standard InChI is InChI=1S/C15H21BClNO2/c1-14(2)15(3,4)20-16(19-14)12-8-11(17)9-18-13(12)10-6-5-7-10/h8-10H,5-7H2,1-4H3. The second-order valence-electron chi connectivity index (χ2n) is 6.84. The van der Waals surface area contributed by atoms with Gasteiger partial charge in [0, 0.05) is 23.3 Å². The molecule has 108 valence electrons. The maximum atomic E-state index is 6.14. The first kappa shape index (κ1) is 14.4. The Hall–Kier alpha value is -0.575. The molecule has 1 aliphatic carbocycles. The van der Waals surface area contributed by atoms with Gasteiger partial charge >= 0.3 is 7.12 Å². The lowest BCUT2D eigenvalue weighted by Gasteiger charge is -2.32. The monoisotopic (exact) mass is 293 g/mol. The molecular weight excluding hydrogens is 272 g/mol. The molecule has 1 saturated heterocycles. The van der Waals surface area contributed by atoms with E-state index in [2.05, 4.69) is 32.7 Å². The summed E-state index contributed by atoms with van der Waals surface area (Å²) >= 11 is 6.13. The highest BCUT2D eigenvalue weighted by Crippen LogP contribution is 2.39. The average Bonchev–Trinajstić information content (AvgIpc) is 2.48. The molecule has 0 radical (unpaired) electrons. The number of rotatable bonds is 2. The first-order chi connectivity index (χ1) is 9.30. The fraction of sp³-hybridized carbons (Fsp3) is 0.667. The van der Waals surface area contributed by atoms with Crippen molar-refractivity contribution in [2.24, 2.45) is 0 Å². The summed E-state index contributed by atoms with van der Waals surface area (Å²) in [7, 11) is -0.373. The van der Waals surface area contributed by atoms with Crippen LogP contribution in [0.3, 0.4) is 0 Å². The Morgan fingerprint density at radius 3 is 2.30 bits per heavy atom. The van der Waals surface area contributed by atoms with Crippen LogP contribution in [0.1, 0.15) is 58.6 Å². The number of pyridine rings is 1.